The summed E-state index contributed by atoms with van der Waals surface area (Å²) in [6.07, 6.45) is -0.194. The van der Waals surface area contributed by atoms with Crippen molar-refractivity contribution in [3.05, 3.63) is 59.7 Å². The first-order valence-electron chi connectivity index (χ1n) is 10.3. The largest absolute Gasteiger partial charge is 0.462 e. The molecule has 2 aromatic carbocycles. The zero-order valence-electron chi connectivity index (χ0n) is 18.5. The number of benzene rings is 2. The zero-order valence-corrected chi connectivity index (χ0v) is 18.5. The summed E-state index contributed by atoms with van der Waals surface area (Å²) in [7, 11) is 0. The van der Waals surface area contributed by atoms with Crippen LogP contribution in [0.3, 0.4) is 0 Å². The molecule has 0 aromatic heterocycles. The Morgan fingerprint density at radius 3 is 2.19 bits per heavy atom. The zero-order chi connectivity index (χ0) is 23.5. The fourth-order valence-corrected chi connectivity index (χ4v) is 2.59. The Bertz CT molecular complexity index is 953. The van der Waals surface area contributed by atoms with E-state index in [4.69, 9.17) is 9.47 Å². The van der Waals surface area contributed by atoms with Gasteiger partial charge in [0.05, 0.1) is 18.6 Å². The van der Waals surface area contributed by atoms with E-state index in [1.54, 1.807) is 18.2 Å². The molecule has 8 nitrogen and oxygen atoms in total. The number of ether oxygens (including phenoxy) is 2. The molecule has 2 aromatic rings. The summed E-state index contributed by atoms with van der Waals surface area (Å²) < 4.78 is 10.0. The molecule has 0 radical (unpaired) electrons. The molecule has 0 atom stereocenters. The number of carbonyl (C=O) groups excluding carboxylic acids is 4. The van der Waals surface area contributed by atoms with E-state index in [0.29, 0.717) is 23.5 Å². The maximum atomic E-state index is 12.0. The first-order valence-corrected chi connectivity index (χ1v) is 10.3. The third-order valence-electron chi connectivity index (χ3n) is 4.17. The lowest BCUT2D eigenvalue weighted by Gasteiger charge is -2.09. The SMILES string of the molecule is Cc1cccc(NC(=O)CCC(=O)OCC(=O)Nc2ccc(C(=O)OCC(C)C)cc2)c1. The molecule has 0 spiro atoms. The van der Waals surface area contributed by atoms with Gasteiger partial charge in [0.2, 0.25) is 5.91 Å². The van der Waals surface area contributed by atoms with Crippen molar-refractivity contribution in [3.63, 3.8) is 0 Å². The lowest BCUT2D eigenvalue weighted by Crippen LogP contribution is -2.21. The van der Waals surface area contributed by atoms with Crippen LogP contribution in [0.4, 0.5) is 11.4 Å². The molecule has 0 bridgehead atoms. The van der Waals surface area contributed by atoms with E-state index in [1.807, 2.05) is 39.0 Å². The highest BCUT2D eigenvalue weighted by molar-refractivity contribution is 5.95. The number of nitrogens with one attached hydrogen (secondary N) is 2. The van der Waals surface area contributed by atoms with Gasteiger partial charge < -0.3 is 20.1 Å². The van der Waals surface area contributed by atoms with Crippen molar-refractivity contribution in [2.75, 3.05) is 23.8 Å². The summed E-state index contributed by atoms with van der Waals surface area (Å²) in [5.41, 5.74) is 2.49. The lowest BCUT2D eigenvalue weighted by molar-refractivity contribution is -0.147. The third-order valence-corrected chi connectivity index (χ3v) is 4.17. The molecule has 0 aliphatic heterocycles. The Balaban J connectivity index is 1.69. The molecular formula is C24H28N2O6. The summed E-state index contributed by atoms with van der Waals surface area (Å²) in [6, 6.07) is 13.5. The minimum absolute atomic E-state index is 0.0528. The number of esters is 2. The van der Waals surface area contributed by atoms with Gasteiger partial charge in [0.15, 0.2) is 6.61 Å². The molecule has 0 aliphatic carbocycles. The minimum Gasteiger partial charge on any atom is -0.462 e. The average molecular weight is 440 g/mol. The van der Waals surface area contributed by atoms with Crippen molar-refractivity contribution in [2.45, 2.75) is 33.6 Å². The second-order valence-electron chi connectivity index (χ2n) is 7.70. The minimum atomic E-state index is -0.650. The van der Waals surface area contributed by atoms with E-state index in [9.17, 15) is 19.2 Å². The highest BCUT2D eigenvalue weighted by Gasteiger charge is 2.12. The summed E-state index contributed by atoms with van der Waals surface area (Å²) >= 11 is 0. The first-order chi connectivity index (χ1) is 15.2. The van der Waals surface area contributed by atoms with Crippen molar-refractivity contribution in [3.8, 4) is 0 Å². The van der Waals surface area contributed by atoms with E-state index in [2.05, 4.69) is 10.6 Å². The van der Waals surface area contributed by atoms with Crippen molar-refractivity contribution < 1.29 is 28.7 Å². The van der Waals surface area contributed by atoms with Crippen LogP contribution < -0.4 is 10.6 Å². The van der Waals surface area contributed by atoms with E-state index in [-0.39, 0.29) is 24.7 Å². The fraction of sp³-hybridized carbons (Fsp3) is 0.333. The van der Waals surface area contributed by atoms with E-state index in [0.717, 1.165) is 5.56 Å². The quantitative estimate of drug-likeness (QED) is 0.545. The molecule has 2 N–H and O–H groups in total. The molecule has 8 heteroatoms. The van der Waals surface area contributed by atoms with Crippen LogP contribution in [-0.2, 0) is 23.9 Å². The summed E-state index contributed by atoms with van der Waals surface area (Å²) in [4.78, 5) is 47.6. The number of carbonyl (C=O) groups is 4. The number of hydrogen-bond acceptors (Lipinski definition) is 6. The molecule has 32 heavy (non-hydrogen) atoms. The van der Waals surface area contributed by atoms with Crippen LogP contribution in [-0.4, -0.2) is 37.0 Å². The third kappa shape index (κ3) is 8.99. The second kappa shape index (κ2) is 12.2. The van der Waals surface area contributed by atoms with Crippen LogP contribution in [0.1, 0.15) is 42.6 Å². The molecule has 0 aliphatic rings. The molecule has 0 fully saturated rings. The van der Waals surface area contributed by atoms with E-state index in [1.165, 1.54) is 12.1 Å². The molecule has 2 rings (SSSR count). The van der Waals surface area contributed by atoms with Gasteiger partial charge in [-0.3, -0.25) is 14.4 Å². The normalized spacial score (nSPS) is 10.4. The highest BCUT2D eigenvalue weighted by Crippen LogP contribution is 2.12. The van der Waals surface area contributed by atoms with Crippen molar-refractivity contribution in [2.24, 2.45) is 5.92 Å². The average Bonchev–Trinajstić information content (AvgIpc) is 2.75. The first kappa shape index (κ1) is 24.6. The molecule has 0 saturated carbocycles. The van der Waals surface area contributed by atoms with Gasteiger partial charge in [0.1, 0.15) is 0 Å². The molecular weight excluding hydrogens is 412 g/mol. The van der Waals surface area contributed by atoms with Crippen LogP contribution in [0.15, 0.2) is 48.5 Å². The smallest absolute Gasteiger partial charge is 0.338 e. The Hall–Kier alpha value is -3.68. The molecule has 0 saturated heterocycles. The summed E-state index contributed by atoms with van der Waals surface area (Å²) in [5.74, 6) is -1.69. The van der Waals surface area contributed by atoms with Gasteiger partial charge in [-0.05, 0) is 54.8 Å². The standard InChI is InChI=1S/C24H28N2O6/c1-16(2)14-32-24(30)18-7-9-19(10-8-18)25-22(28)15-31-23(29)12-11-21(27)26-20-6-4-5-17(3)13-20/h4-10,13,16H,11-12,14-15H2,1-3H3,(H,25,28)(H,26,27). The van der Waals surface area contributed by atoms with Crippen LogP contribution in [0, 0.1) is 12.8 Å². The van der Waals surface area contributed by atoms with Gasteiger partial charge in [-0.15, -0.1) is 0 Å². The van der Waals surface area contributed by atoms with E-state index >= 15 is 0 Å². The molecule has 170 valence electrons. The predicted octanol–water partition coefficient (Wildman–Crippen LogP) is 3.71. The van der Waals surface area contributed by atoms with Crippen molar-refractivity contribution in [1.82, 2.24) is 0 Å². The second-order valence-corrected chi connectivity index (χ2v) is 7.70. The monoisotopic (exact) mass is 440 g/mol. The maximum Gasteiger partial charge on any atom is 0.338 e. The topological polar surface area (TPSA) is 111 Å². The van der Waals surface area contributed by atoms with Crippen molar-refractivity contribution in [1.29, 1.82) is 0 Å². The number of anilines is 2. The van der Waals surface area contributed by atoms with Crippen LogP contribution in [0.25, 0.3) is 0 Å². The van der Waals surface area contributed by atoms with Crippen molar-refractivity contribution >= 4 is 35.1 Å². The van der Waals surface area contributed by atoms with Crippen LogP contribution in [0.2, 0.25) is 0 Å². The molecule has 0 heterocycles. The Kier molecular flexibility index (Phi) is 9.41. The Labute approximate surface area is 187 Å². The van der Waals surface area contributed by atoms with Gasteiger partial charge in [-0.2, -0.15) is 0 Å². The van der Waals surface area contributed by atoms with Gasteiger partial charge >= 0.3 is 11.9 Å². The number of aryl methyl sites for hydroxylation is 1. The molecule has 0 unspecified atom stereocenters. The lowest BCUT2D eigenvalue weighted by atomic mass is 10.2. The van der Waals surface area contributed by atoms with E-state index < -0.39 is 24.5 Å². The molecule has 2 amide bonds. The number of amides is 2. The summed E-state index contributed by atoms with van der Waals surface area (Å²) in [6.45, 7) is 5.65. The van der Waals surface area contributed by atoms with Gasteiger partial charge in [0, 0.05) is 17.8 Å². The van der Waals surface area contributed by atoms with Gasteiger partial charge in [-0.25, -0.2) is 4.79 Å². The number of rotatable bonds is 10. The summed E-state index contributed by atoms with van der Waals surface area (Å²) in [5, 5.41) is 5.27. The predicted molar refractivity (Wildman–Crippen MR) is 120 cm³/mol. The number of hydrogen-bond donors (Lipinski definition) is 2. The Morgan fingerprint density at radius 2 is 1.53 bits per heavy atom. The van der Waals surface area contributed by atoms with Crippen LogP contribution >= 0.6 is 0 Å². The highest BCUT2D eigenvalue weighted by atomic mass is 16.5. The maximum absolute atomic E-state index is 12.0. The van der Waals surface area contributed by atoms with Gasteiger partial charge in [0.25, 0.3) is 5.91 Å². The van der Waals surface area contributed by atoms with Crippen LogP contribution in [0.5, 0.6) is 0 Å². The van der Waals surface area contributed by atoms with Gasteiger partial charge in [-0.1, -0.05) is 26.0 Å². The Morgan fingerprint density at radius 1 is 0.844 bits per heavy atom. The fourth-order valence-electron chi connectivity index (χ4n) is 2.59.